The van der Waals surface area contributed by atoms with Gasteiger partial charge in [0.1, 0.15) is 18.1 Å². The molecule has 4 amide bonds. The molecule has 0 spiro atoms. The molecule has 0 aromatic rings. The van der Waals surface area contributed by atoms with E-state index in [1.165, 1.54) is 6.92 Å². The summed E-state index contributed by atoms with van der Waals surface area (Å²) < 4.78 is 0. The van der Waals surface area contributed by atoms with Gasteiger partial charge in [0.2, 0.25) is 23.6 Å². The maximum atomic E-state index is 12.7. The second kappa shape index (κ2) is 14.6. The topological polar surface area (TPSA) is 258 Å². The third-order valence-electron chi connectivity index (χ3n) is 4.86. The number of hydrogen-bond donors (Lipinski definition) is 8. The number of carboxylic acids is 1. The van der Waals surface area contributed by atoms with E-state index in [1.807, 2.05) is 0 Å². The number of amides is 4. The van der Waals surface area contributed by atoms with Crippen molar-refractivity contribution in [3.8, 4) is 0 Å². The van der Waals surface area contributed by atoms with Crippen molar-refractivity contribution in [1.29, 1.82) is 0 Å². The van der Waals surface area contributed by atoms with Gasteiger partial charge in [-0.3, -0.25) is 24.2 Å². The molecule has 5 atom stereocenters. The van der Waals surface area contributed by atoms with E-state index in [0.29, 0.717) is 12.8 Å². The Kier molecular flexibility index (Phi) is 13.1. The highest BCUT2D eigenvalue weighted by Crippen LogP contribution is 2.08. The van der Waals surface area contributed by atoms with E-state index in [4.69, 9.17) is 22.9 Å². The molecule has 0 saturated carbocycles. The number of primary amides is 1. The van der Waals surface area contributed by atoms with Crippen molar-refractivity contribution in [3.05, 3.63) is 0 Å². The van der Waals surface area contributed by atoms with Crippen LogP contribution >= 0.6 is 0 Å². The largest absolute Gasteiger partial charge is 0.480 e. The van der Waals surface area contributed by atoms with Gasteiger partial charge in [-0.15, -0.1) is 0 Å². The zero-order valence-electron chi connectivity index (χ0n) is 19.2. The third-order valence-corrected chi connectivity index (χ3v) is 4.86. The van der Waals surface area contributed by atoms with Gasteiger partial charge in [0.15, 0.2) is 5.96 Å². The predicted molar refractivity (Wildman–Crippen MR) is 120 cm³/mol. The minimum atomic E-state index is -1.26. The summed E-state index contributed by atoms with van der Waals surface area (Å²) in [5.41, 5.74) is 21.2. The summed E-state index contributed by atoms with van der Waals surface area (Å²) in [6, 6.07) is -4.60. The minimum Gasteiger partial charge on any atom is -0.480 e. The average molecular weight is 473 g/mol. The van der Waals surface area contributed by atoms with Crippen LogP contribution in [0, 0.1) is 5.92 Å². The molecule has 5 unspecified atom stereocenters. The molecule has 0 saturated heterocycles. The molecule has 0 aliphatic heterocycles. The fourth-order valence-corrected chi connectivity index (χ4v) is 2.70. The number of carbonyl (C=O) groups is 5. The number of nitrogens with one attached hydrogen (secondary N) is 3. The van der Waals surface area contributed by atoms with Crippen LogP contribution in [-0.4, -0.2) is 71.4 Å². The van der Waals surface area contributed by atoms with Crippen LogP contribution < -0.4 is 38.9 Å². The number of aliphatic imine (C=N–C) groups is 1. The Morgan fingerprint density at radius 1 is 0.939 bits per heavy atom. The second-order valence-corrected chi connectivity index (χ2v) is 7.73. The fourth-order valence-electron chi connectivity index (χ4n) is 2.70. The zero-order chi connectivity index (χ0) is 25.7. The van der Waals surface area contributed by atoms with E-state index >= 15 is 0 Å². The smallest absolute Gasteiger partial charge is 0.326 e. The van der Waals surface area contributed by atoms with Gasteiger partial charge in [-0.2, -0.15) is 0 Å². The lowest BCUT2D eigenvalue weighted by Crippen LogP contribution is -2.57. The number of nitrogens with two attached hydrogens (primary N) is 4. The van der Waals surface area contributed by atoms with E-state index in [-0.39, 0.29) is 24.8 Å². The number of guanidine groups is 1. The van der Waals surface area contributed by atoms with Crippen LogP contribution in [0.15, 0.2) is 4.99 Å². The number of hydrogen-bond acceptors (Lipinski definition) is 7. The Hall–Kier alpha value is -3.42. The molecule has 0 aromatic carbocycles. The molecule has 0 radical (unpaired) electrons. The lowest BCUT2D eigenvalue weighted by atomic mass is 9.99. The molecule has 33 heavy (non-hydrogen) atoms. The van der Waals surface area contributed by atoms with E-state index in [0.717, 1.165) is 0 Å². The van der Waals surface area contributed by atoms with Crippen LogP contribution in [0.25, 0.3) is 0 Å². The van der Waals surface area contributed by atoms with Crippen molar-refractivity contribution in [2.24, 2.45) is 33.8 Å². The zero-order valence-corrected chi connectivity index (χ0v) is 19.2. The van der Waals surface area contributed by atoms with Crippen molar-refractivity contribution in [1.82, 2.24) is 16.0 Å². The molecule has 0 aromatic heterocycles. The molecule has 14 heteroatoms. The van der Waals surface area contributed by atoms with E-state index in [9.17, 15) is 29.1 Å². The standard InChI is InChI=1S/C19H36N8O6/c1-4-9(2)14(18(32)33)27-15(29)10(3)25-17(31)12(6-5-7-24-19(22)23)26-16(30)11(20)8-13(21)28/h9-12,14H,4-8,20H2,1-3H3,(H2,21,28)(H,25,31)(H,26,30)(H,27,29)(H,32,33)(H4,22,23,24). The maximum Gasteiger partial charge on any atom is 0.326 e. The van der Waals surface area contributed by atoms with E-state index in [1.54, 1.807) is 13.8 Å². The minimum absolute atomic E-state index is 0.0939. The Labute approximate surface area is 192 Å². The Balaban J connectivity index is 5.25. The maximum absolute atomic E-state index is 12.7. The first-order valence-corrected chi connectivity index (χ1v) is 10.5. The van der Waals surface area contributed by atoms with Crippen LogP contribution in [0.2, 0.25) is 0 Å². The SMILES string of the molecule is CCC(C)C(NC(=O)C(C)NC(=O)C(CCCN=C(N)N)NC(=O)C(N)CC(N)=O)C(=O)O. The van der Waals surface area contributed by atoms with Gasteiger partial charge >= 0.3 is 5.97 Å². The predicted octanol–water partition coefficient (Wildman–Crippen LogP) is -3.15. The summed E-state index contributed by atoms with van der Waals surface area (Å²) in [5.74, 6) is -4.64. The molecule has 0 aliphatic carbocycles. The van der Waals surface area contributed by atoms with Crippen LogP contribution in [0.1, 0.15) is 46.5 Å². The number of carboxylic acid groups (broad SMARTS) is 1. The van der Waals surface area contributed by atoms with Crippen LogP contribution in [-0.2, 0) is 24.0 Å². The van der Waals surface area contributed by atoms with Gasteiger partial charge in [-0.05, 0) is 25.7 Å². The van der Waals surface area contributed by atoms with Crippen molar-refractivity contribution < 1.29 is 29.1 Å². The first-order valence-electron chi connectivity index (χ1n) is 10.5. The van der Waals surface area contributed by atoms with Crippen LogP contribution in [0.5, 0.6) is 0 Å². The lowest BCUT2D eigenvalue weighted by molar-refractivity contribution is -0.143. The summed E-state index contributed by atoms with van der Waals surface area (Å²) in [6.45, 7) is 5.02. The van der Waals surface area contributed by atoms with Gasteiger partial charge in [0, 0.05) is 6.54 Å². The van der Waals surface area contributed by atoms with Gasteiger partial charge in [-0.25, -0.2) is 4.79 Å². The third kappa shape index (κ3) is 11.7. The van der Waals surface area contributed by atoms with Gasteiger partial charge in [-0.1, -0.05) is 20.3 Å². The quantitative estimate of drug-likeness (QED) is 0.0678. The number of rotatable bonds is 15. The molecule has 188 valence electrons. The Morgan fingerprint density at radius 2 is 1.55 bits per heavy atom. The van der Waals surface area contributed by atoms with E-state index in [2.05, 4.69) is 20.9 Å². The molecule has 0 rings (SSSR count). The fraction of sp³-hybridized carbons (Fsp3) is 0.684. The van der Waals surface area contributed by atoms with E-state index < -0.39 is 60.2 Å². The molecular formula is C19H36N8O6. The van der Waals surface area contributed by atoms with Gasteiger partial charge in [0.05, 0.1) is 12.5 Å². The summed E-state index contributed by atoms with van der Waals surface area (Å²) in [6.07, 6.45) is 0.500. The van der Waals surface area contributed by atoms with Gasteiger partial charge < -0.3 is 44.0 Å². The lowest BCUT2D eigenvalue weighted by Gasteiger charge is -2.25. The molecule has 0 aliphatic rings. The van der Waals surface area contributed by atoms with Gasteiger partial charge in [0.25, 0.3) is 0 Å². The normalized spacial score (nSPS) is 15.2. The highest BCUT2D eigenvalue weighted by molar-refractivity contribution is 5.94. The molecule has 0 bridgehead atoms. The molecule has 0 heterocycles. The second-order valence-electron chi connectivity index (χ2n) is 7.73. The molecule has 12 N–H and O–H groups in total. The number of carbonyl (C=O) groups excluding carboxylic acids is 4. The summed E-state index contributed by atoms with van der Waals surface area (Å²) in [5, 5.41) is 16.6. The first-order chi connectivity index (χ1) is 15.3. The summed E-state index contributed by atoms with van der Waals surface area (Å²) in [7, 11) is 0. The summed E-state index contributed by atoms with van der Waals surface area (Å²) >= 11 is 0. The molecule has 0 fully saturated rings. The number of nitrogens with zero attached hydrogens (tertiary/aromatic N) is 1. The Bertz CT molecular complexity index is 740. The monoisotopic (exact) mass is 472 g/mol. The Morgan fingerprint density at radius 3 is 2.03 bits per heavy atom. The highest BCUT2D eigenvalue weighted by Gasteiger charge is 2.30. The average Bonchev–Trinajstić information content (AvgIpc) is 2.71. The number of aliphatic carboxylic acids is 1. The van der Waals surface area contributed by atoms with Crippen molar-refractivity contribution in [3.63, 3.8) is 0 Å². The van der Waals surface area contributed by atoms with Crippen molar-refractivity contribution in [2.75, 3.05) is 6.54 Å². The molecule has 14 nitrogen and oxygen atoms in total. The van der Waals surface area contributed by atoms with Crippen molar-refractivity contribution in [2.45, 2.75) is 70.6 Å². The first kappa shape index (κ1) is 29.6. The van der Waals surface area contributed by atoms with Crippen molar-refractivity contribution >= 4 is 35.6 Å². The highest BCUT2D eigenvalue weighted by atomic mass is 16.4. The molecular weight excluding hydrogens is 436 g/mol. The van der Waals surface area contributed by atoms with Crippen LogP contribution in [0.4, 0.5) is 0 Å². The van der Waals surface area contributed by atoms with Crippen LogP contribution in [0.3, 0.4) is 0 Å². The summed E-state index contributed by atoms with van der Waals surface area (Å²) in [4.78, 5) is 63.6.